The van der Waals surface area contributed by atoms with E-state index < -0.39 is 0 Å². The number of amides is 1. The van der Waals surface area contributed by atoms with Crippen LogP contribution in [0, 0.1) is 13.8 Å². The number of hydrogen-bond acceptors (Lipinski definition) is 3. The number of hydrogen-bond donors (Lipinski definition) is 0. The molecule has 0 N–H and O–H groups in total. The maximum atomic E-state index is 12.9. The van der Waals surface area contributed by atoms with Gasteiger partial charge in [-0.05, 0) is 31.0 Å². The Morgan fingerprint density at radius 2 is 2.10 bits per heavy atom. The lowest BCUT2D eigenvalue weighted by Crippen LogP contribution is -2.34. The normalized spacial score (nSPS) is 19.3. The highest BCUT2D eigenvalue weighted by Gasteiger charge is 2.36. The minimum Gasteiger partial charge on any atom is -0.492 e. The molecule has 0 saturated heterocycles. The predicted octanol–water partition coefficient (Wildman–Crippen LogP) is 2.02. The third-order valence-electron chi connectivity index (χ3n) is 4.48. The first-order valence-corrected chi connectivity index (χ1v) is 7.22. The molecule has 0 bridgehead atoms. The van der Waals surface area contributed by atoms with Crippen LogP contribution in [0.3, 0.4) is 0 Å². The lowest BCUT2D eigenvalue weighted by Gasteiger charge is -2.19. The molecule has 0 aliphatic carbocycles. The van der Waals surface area contributed by atoms with Crippen LogP contribution in [-0.4, -0.2) is 28.8 Å². The quantitative estimate of drug-likeness (QED) is 0.804. The van der Waals surface area contributed by atoms with Crippen LogP contribution in [0.2, 0.25) is 0 Å². The van der Waals surface area contributed by atoms with E-state index in [1.165, 1.54) is 11.1 Å². The maximum absolute atomic E-state index is 12.9. The molecule has 0 radical (unpaired) electrons. The van der Waals surface area contributed by atoms with E-state index in [2.05, 4.69) is 25.0 Å². The molecule has 5 heteroatoms. The summed E-state index contributed by atoms with van der Waals surface area (Å²) in [5.74, 6) is 1.64. The van der Waals surface area contributed by atoms with Gasteiger partial charge in [0.25, 0.3) is 0 Å². The van der Waals surface area contributed by atoms with Crippen molar-refractivity contribution in [2.75, 3.05) is 18.1 Å². The Balaban J connectivity index is 1.68. The number of fused-ring (bicyclic) bond motifs is 2. The van der Waals surface area contributed by atoms with Crippen molar-refractivity contribution in [2.45, 2.75) is 26.3 Å². The lowest BCUT2D eigenvalue weighted by atomic mass is 9.96. The molecule has 0 spiro atoms. The van der Waals surface area contributed by atoms with Crippen LogP contribution in [0.25, 0.3) is 0 Å². The second-order valence-corrected chi connectivity index (χ2v) is 5.74. The van der Waals surface area contributed by atoms with Crippen LogP contribution in [0.15, 0.2) is 24.4 Å². The molecule has 0 saturated carbocycles. The Kier molecular flexibility index (Phi) is 2.58. The van der Waals surface area contributed by atoms with Crippen molar-refractivity contribution >= 4 is 11.7 Å². The summed E-state index contributed by atoms with van der Waals surface area (Å²) in [6.45, 7) is 6.02. The van der Waals surface area contributed by atoms with Gasteiger partial charge in [0.15, 0.2) is 0 Å². The van der Waals surface area contributed by atoms with Crippen LogP contribution in [0.4, 0.5) is 5.82 Å². The van der Waals surface area contributed by atoms with E-state index in [0.717, 1.165) is 23.7 Å². The van der Waals surface area contributed by atoms with Gasteiger partial charge in [-0.25, -0.2) is 4.68 Å². The average Bonchev–Trinajstić information content (AvgIpc) is 3.13. The van der Waals surface area contributed by atoms with Crippen LogP contribution in [0.5, 0.6) is 5.75 Å². The first-order chi connectivity index (χ1) is 10.1. The summed E-state index contributed by atoms with van der Waals surface area (Å²) in [6.07, 6.45) is 1.74. The van der Waals surface area contributed by atoms with Gasteiger partial charge < -0.3 is 4.74 Å². The number of benzene rings is 1. The van der Waals surface area contributed by atoms with Gasteiger partial charge >= 0.3 is 0 Å². The fraction of sp³-hybridized carbons (Fsp3) is 0.375. The average molecular weight is 283 g/mol. The van der Waals surface area contributed by atoms with E-state index >= 15 is 0 Å². The molecule has 21 heavy (non-hydrogen) atoms. The van der Waals surface area contributed by atoms with Crippen molar-refractivity contribution < 1.29 is 9.53 Å². The second-order valence-electron chi connectivity index (χ2n) is 5.74. The monoisotopic (exact) mass is 283 g/mol. The van der Waals surface area contributed by atoms with E-state index in [9.17, 15) is 4.79 Å². The van der Waals surface area contributed by atoms with E-state index in [4.69, 9.17) is 4.74 Å². The third-order valence-corrected chi connectivity index (χ3v) is 4.48. The van der Waals surface area contributed by atoms with Crippen molar-refractivity contribution in [3.05, 3.63) is 41.1 Å². The minimum absolute atomic E-state index is 0.108. The van der Waals surface area contributed by atoms with Gasteiger partial charge in [-0.1, -0.05) is 6.07 Å². The molecule has 2 aromatic rings. The van der Waals surface area contributed by atoms with Gasteiger partial charge in [0.05, 0.1) is 12.7 Å². The van der Waals surface area contributed by atoms with Crippen molar-refractivity contribution in [1.29, 1.82) is 0 Å². The molecule has 2 aliphatic heterocycles. The molecule has 1 amide bonds. The molecule has 2 aliphatic rings. The molecule has 1 unspecified atom stereocenters. The zero-order valence-corrected chi connectivity index (χ0v) is 12.2. The number of aromatic nitrogens is 2. The Labute approximate surface area is 123 Å². The summed E-state index contributed by atoms with van der Waals surface area (Å²) >= 11 is 0. The van der Waals surface area contributed by atoms with Gasteiger partial charge in [-0.15, -0.1) is 0 Å². The zero-order chi connectivity index (χ0) is 14.6. The Hall–Kier alpha value is -2.30. The molecule has 1 aromatic carbocycles. The highest BCUT2D eigenvalue weighted by Crippen LogP contribution is 2.38. The van der Waals surface area contributed by atoms with Crippen molar-refractivity contribution in [3.8, 4) is 5.75 Å². The molecular formula is C16H17N3O2. The number of anilines is 1. The van der Waals surface area contributed by atoms with E-state index in [1.807, 2.05) is 21.7 Å². The zero-order valence-electron chi connectivity index (χ0n) is 12.2. The number of nitrogens with zero attached hydrogens (tertiary/aromatic N) is 3. The van der Waals surface area contributed by atoms with E-state index in [1.54, 1.807) is 6.20 Å². The molecular weight excluding hydrogens is 266 g/mol. The third kappa shape index (κ3) is 1.77. The molecule has 3 heterocycles. The summed E-state index contributed by atoms with van der Waals surface area (Å²) in [5, 5.41) is 4.22. The highest BCUT2D eigenvalue weighted by molar-refractivity contribution is 5.99. The fourth-order valence-corrected chi connectivity index (χ4v) is 3.12. The van der Waals surface area contributed by atoms with Gasteiger partial charge in [0, 0.05) is 18.2 Å². The summed E-state index contributed by atoms with van der Waals surface area (Å²) in [7, 11) is 0. The summed E-state index contributed by atoms with van der Waals surface area (Å²) in [4.78, 5) is 14.7. The number of aryl methyl sites for hydroxylation is 2. The topological polar surface area (TPSA) is 47.4 Å². The molecule has 4 rings (SSSR count). The standard InChI is InChI=1S/C16H17N3O2/c1-10-7-12-13(9-21-14(12)8-11(10)2)16(20)18-5-6-19-15(18)3-4-17-19/h3-4,7-8,13H,5-6,9H2,1-2H3. The van der Waals surface area contributed by atoms with E-state index in [0.29, 0.717) is 13.2 Å². The smallest absolute Gasteiger partial charge is 0.239 e. The minimum atomic E-state index is -0.208. The summed E-state index contributed by atoms with van der Waals surface area (Å²) < 4.78 is 7.60. The molecule has 0 fully saturated rings. The van der Waals surface area contributed by atoms with Crippen LogP contribution < -0.4 is 9.64 Å². The van der Waals surface area contributed by atoms with Crippen molar-refractivity contribution in [2.24, 2.45) is 0 Å². The lowest BCUT2D eigenvalue weighted by molar-refractivity contribution is -0.120. The maximum Gasteiger partial charge on any atom is 0.239 e. The van der Waals surface area contributed by atoms with Crippen LogP contribution in [0.1, 0.15) is 22.6 Å². The van der Waals surface area contributed by atoms with Crippen molar-refractivity contribution in [1.82, 2.24) is 9.78 Å². The number of ether oxygens (including phenoxy) is 1. The van der Waals surface area contributed by atoms with E-state index in [-0.39, 0.29) is 11.8 Å². The predicted molar refractivity (Wildman–Crippen MR) is 78.7 cm³/mol. The molecule has 5 nitrogen and oxygen atoms in total. The Bertz CT molecular complexity index is 735. The first kappa shape index (κ1) is 12.4. The van der Waals surface area contributed by atoms with Crippen LogP contribution >= 0.6 is 0 Å². The highest BCUT2D eigenvalue weighted by atomic mass is 16.5. The summed E-state index contributed by atoms with van der Waals surface area (Å²) in [6, 6.07) is 6.02. The Morgan fingerprint density at radius 3 is 2.95 bits per heavy atom. The number of carbonyl (C=O) groups excluding carboxylic acids is 1. The summed E-state index contributed by atoms with van der Waals surface area (Å²) in [5.41, 5.74) is 3.41. The molecule has 108 valence electrons. The second kappa shape index (κ2) is 4.35. The van der Waals surface area contributed by atoms with Crippen LogP contribution in [-0.2, 0) is 11.3 Å². The number of rotatable bonds is 1. The number of carbonyl (C=O) groups is 1. The largest absolute Gasteiger partial charge is 0.492 e. The van der Waals surface area contributed by atoms with Gasteiger partial charge in [-0.2, -0.15) is 5.10 Å². The molecule has 1 atom stereocenters. The van der Waals surface area contributed by atoms with Gasteiger partial charge in [-0.3, -0.25) is 9.69 Å². The molecule has 1 aromatic heterocycles. The van der Waals surface area contributed by atoms with Crippen molar-refractivity contribution in [3.63, 3.8) is 0 Å². The fourth-order valence-electron chi connectivity index (χ4n) is 3.12. The first-order valence-electron chi connectivity index (χ1n) is 7.22. The van der Waals surface area contributed by atoms with Gasteiger partial charge in [0.1, 0.15) is 24.1 Å². The van der Waals surface area contributed by atoms with Gasteiger partial charge in [0.2, 0.25) is 5.91 Å². The Morgan fingerprint density at radius 1 is 1.29 bits per heavy atom. The SMILES string of the molecule is Cc1cc2c(cc1C)C(C(=O)N1CCn3nccc31)CO2.